The lowest BCUT2D eigenvalue weighted by atomic mass is 9.85. The quantitative estimate of drug-likeness (QED) is 0.271. The zero-order valence-corrected chi connectivity index (χ0v) is 23.4. The van der Waals surface area contributed by atoms with E-state index in [-0.39, 0.29) is 12.1 Å². The second-order valence-electron chi connectivity index (χ2n) is 10.8. The molecule has 0 aliphatic heterocycles. The third kappa shape index (κ3) is 6.71. The molecule has 1 fully saturated rings. The molecule has 1 aromatic carbocycles. The third-order valence-corrected chi connectivity index (χ3v) is 7.94. The van der Waals surface area contributed by atoms with Crippen LogP contribution < -0.4 is 14.8 Å². The summed E-state index contributed by atoms with van der Waals surface area (Å²) in [6, 6.07) is 7.75. The molecule has 2 aromatic heterocycles. The average molecular weight is 526 g/mol. The van der Waals surface area contributed by atoms with Gasteiger partial charge in [0.05, 0.1) is 31.5 Å². The molecule has 10 heteroatoms. The van der Waals surface area contributed by atoms with Gasteiger partial charge in [-0.15, -0.1) is 5.10 Å². The first kappa shape index (κ1) is 28.0. The molecule has 0 amide bonds. The van der Waals surface area contributed by atoms with Gasteiger partial charge < -0.3 is 14.6 Å². The zero-order chi connectivity index (χ0) is 27.1. The highest BCUT2D eigenvalue weighted by Crippen LogP contribution is 2.40. The standard InChI is InChI=1S/C28H43N7O3/c1-18(2)19(3)35-23(27-24(37-4)12-9-13-25(27)38-5)17-22(32-35)28(36)29-21(16-26-30-33-34-31-26)15-14-20-10-7-6-8-11-20/h9,12-13,17-21,28-29,36H,6-8,10-11,14-16H2,1-5H3,(H,30,31,33,34)/t19?,21-,28?/m0/s1. The minimum atomic E-state index is -0.956. The lowest BCUT2D eigenvalue weighted by molar-refractivity contribution is 0.112. The van der Waals surface area contributed by atoms with Crippen molar-refractivity contribution in [1.29, 1.82) is 0 Å². The number of aliphatic hydroxyl groups is 1. The number of H-pyrrole nitrogens is 1. The predicted octanol–water partition coefficient (Wildman–Crippen LogP) is 4.85. The summed E-state index contributed by atoms with van der Waals surface area (Å²) in [6.45, 7) is 6.46. The number of ether oxygens (including phenoxy) is 2. The normalized spacial score (nSPS) is 16.9. The fourth-order valence-corrected chi connectivity index (χ4v) is 5.39. The van der Waals surface area contributed by atoms with Crippen molar-refractivity contribution in [2.75, 3.05) is 14.2 Å². The van der Waals surface area contributed by atoms with Crippen LogP contribution >= 0.6 is 0 Å². The number of nitrogens with one attached hydrogen (secondary N) is 2. The van der Waals surface area contributed by atoms with Gasteiger partial charge in [0.1, 0.15) is 29.2 Å². The van der Waals surface area contributed by atoms with E-state index in [4.69, 9.17) is 14.6 Å². The molecule has 0 bridgehead atoms. The second-order valence-corrected chi connectivity index (χ2v) is 10.8. The molecule has 3 atom stereocenters. The molecule has 4 rings (SSSR count). The van der Waals surface area contributed by atoms with Crippen LogP contribution in [0.4, 0.5) is 0 Å². The molecule has 2 heterocycles. The van der Waals surface area contributed by atoms with E-state index in [0.717, 1.165) is 30.0 Å². The van der Waals surface area contributed by atoms with E-state index in [9.17, 15) is 5.11 Å². The maximum Gasteiger partial charge on any atom is 0.150 e. The maximum absolute atomic E-state index is 11.4. The van der Waals surface area contributed by atoms with E-state index in [1.54, 1.807) is 14.2 Å². The van der Waals surface area contributed by atoms with Crippen molar-refractivity contribution in [1.82, 2.24) is 35.7 Å². The Bertz CT molecular complexity index is 1100. The van der Waals surface area contributed by atoms with Crippen LogP contribution in [0.1, 0.15) is 89.5 Å². The number of tetrazole rings is 1. The van der Waals surface area contributed by atoms with Gasteiger partial charge >= 0.3 is 0 Å². The summed E-state index contributed by atoms with van der Waals surface area (Å²) in [5, 5.41) is 34.1. The van der Waals surface area contributed by atoms with Crippen molar-refractivity contribution < 1.29 is 14.6 Å². The number of aromatic amines is 1. The number of rotatable bonds is 13. The van der Waals surface area contributed by atoms with E-state index >= 15 is 0 Å². The topological polar surface area (TPSA) is 123 Å². The number of methoxy groups -OCH3 is 2. The number of hydrogen-bond acceptors (Lipinski definition) is 8. The lowest BCUT2D eigenvalue weighted by Crippen LogP contribution is -2.35. The largest absolute Gasteiger partial charge is 0.496 e. The first-order chi connectivity index (χ1) is 18.4. The van der Waals surface area contributed by atoms with Crippen molar-refractivity contribution in [3.8, 4) is 22.8 Å². The smallest absolute Gasteiger partial charge is 0.150 e. The minimum absolute atomic E-state index is 0.00130. The fourth-order valence-electron chi connectivity index (χ4n) is 5.39. The molecule has 1 aliphatic rings. The molecular weight excluding hydrogens is 482 g/mol. The summed E-state index contributed by atoms with van der Waals surface area (Å²) in [5.74, 6) is 3.16. The van der Waals surface area contributed by atoms with Crippen LogP contribution in [0, 0.1) is 11.8 Å². The van der Waals surface area contributed by atoms with E-state index in [0.29, 0.717) is 35.4 Å². The average Bonchev–Trinajstić information content (AvgIpc) is 3.61. The summed E-state index contributed by atoms with van der Waals surface area (Å²) in [4.78, 5) is 0. The number of aromatic nitrogens is 6. The summed E-state index contributed by atoms with van der Waals surface area (Å²) in [6.07, 6.45) is 8.26. The molecule has 1 saturated carbocycles. The Hall–Kier alpha value is -2.98. The van der Waals surface area contributed by atoms with Gasteiger partial charge in [-0.05, 0) is 60.2 Å². The Labute approximate surface area is 225 Å². The van der Waals surface area contributed by atoms with Crippen LogP contribution in [0.5, 0.6) is 11.5 Å². The molecule has 2 unspecified atom stereocenters. The van der Waals surface area contributed by atoms with Crippen LogP contribution in [0.25, 0.3) is 11.3 Å². The van der Waals surface area contributed by atoms with E-state index in [1.807, 2.05) is 28.9 Å². The molecule has 0 radical (unpaired) electrons. The highest BCUT2D eigenvalue weighted by molar-refractivity contribution is 5.75. The minimum Gasteiger partial charge on any atom is -0.496 e. The molecule has 3 N–H and O–H groups in total. The first-order valence-electron chi connectivity index (χ1n) is 13.9. The van der Waals surface area contributed by atoms with E-state index in [1.165, 1.54) is 32.1 Å². The maximum atomic E-state index is 11.4. The Morgan fingerprint density at radius 3 is 2.42 bits per heavy atom. The van der Waals surface area contributed by atoms with Gasteiger partial charge in [-0.25, -0.2) is 5.10 Å². The summed E-state index contributed by atoms with van der Waals surface area (Å²) in [5.41, 5.74) is 2.21. The van der Waals surface area contributed by atoms with E-state index in [2.05, 4.69) is 46.7 Å². The molecule has 1 aliphatic carbocycles. The Morgan fingerprint density at radius 2 is 1.82 bits per heavy atom. The van der Waals surface area contributed by atoms with Crippen molar-refractivity contribution in [3.05, 3.63) is 35.8 Å². The van der Waals surface area contributed by atoms with Crippen molar-refractivity contribution in [2.24, 2.45) is 11.8 Å². The molecule has 38 heavy (non-hydrogen) atoms. The summed E-state index contributed by atoms with van der Waals surface area (Å²) >= 11 is 0. The van der Waals surface area contributed by atoms with Crippen molar-refractivity contribution in [2.45, 2.75) is 90.4 Å². The van der Waals surface area contributed by atoms with Crippen LogP contribution in [0.15, 0.2) is 24.3 Å². The Balaban J connectivity index is 1.61. The highest BCUT2D eigenvalue weighted by atomic mass is 16.5. The van der Waals surface area contributed by atoms with Crippen LogP contribution in [-0.4, -0.2) is 55.8 Å². The molecule has 208 valence electrons. The lowest BCUT2D eigenvalue weighted by Gasteiger charge is -2.25. The number of hydrogen-bond donors (Lipinski definition) is 3. The first-order valence-corrected chi connectivity index (χ1v) is 13.9. The van der Waals surface area contributed by atoms with Gasteiger partial charge in [0.2, 0.25) is 0 Å². The number of nitrogens with zero attached hydrogens (tertiary/aromatic N) is 5. The second kappa shape index (κ2) is 13.2. The third-order valence-electron chi connectivity index (χ3n) is 7.94. The van der Waals surface area contributed by atoms with E-state index < -0.39 is 6.23 Å². The van der Waals surface area contributed by atoms with Gasteiger partial charge in [0.25, 0.3) is 0 Å². The van der Waals surface area contributed by atoms with Crippen LogP contribution in [-0.2, 0) is 6.42 Å². The SMILES string of the molecule is COc1cccc(OC)c1-c1cc(C(O)N[C@@H](CCC2CCCCC2)Cc2nnn[nH]2)nn1C(C)C(C)C. The van der Waals surface area contributed by atoms with Gasteiger partial charge in [0, 0.05) is 12.5 Å². The van der Waals surface area contributed by atoms with Crippen molar-refractivity contribution in [3.63, 3.8) is 0 Å². The number of benzene rings is 1. The molecule has 10 nitrogen and oxygen atoms in total. The van der Waals surface area contributed by atoms with Crippen LogP contribution in [0.3, 0.4) is 0 Å². The molecule has 0 saturated heterocycles. The Morgan fingerprint density at radius 1 is 1.11 bits per heavy atom. The number of aliphatic hydroxyl groups excluding tert-OH is 1. The molecular formula is C28H43N7O3. The van der Waals surface area contributed by atoms with Gasteiger partial charge in [-0.1, -0.05) is 52.0 Å². The summed E-state index contributed by atoms with van der Waals surface area (Å²) < 4.78 is 13.4. The molecule has 3 aromatic rings. The fraction of sp³-hybridized carbons (Fsp3) is 0.643. The van der Waals surface area contributed by atoms with Crippen LogP contribution in [0.2, 0.25) is 0 Å². The Kier molecular flexibility index (Phi) is 9.74. The van der Waals surface area contributed by atoms with Crippen molar-refractivity contribution >= 4 is 0 Å². The predicted molar refractivity (Wildman–Crippen MR) is 146 cm³/mol. The molecule has 0 spiro atoms. The summed E-state index contributed by atoms with van der Waals surface area (Å²) in [7, 11) is 3.30. The van der Waals surface area contributed by atoms with Gasteiger partial charge in [0.15, 0.2) is 0 Å². The van der Waals surface area contributed by atoms with Gasteiger partial charge in [-0.3, -0.25) is 10.00 Å². The monoisotopic (exact) mass is 525 g/mol. The highest BCUT2D eigenvalue weighted by Gasteiger charge is 2.27. The van der Waals surface area contributed by atoms with Gasteiger partial charge in [-0.2, -0.15) is 5.10 Å². The zero-order valence-electron chi connectivity index (χ0n) is 23.4.